The van der Waals surface area contributed by atoms with Crippen molar-refractivity contribution in [2.45, 2.75) is 45.4 Å². The number of nitrogens with zero attached hydrogens (tertiary/aromatic N) is 1. The van der Waals surface area contributed by atoms with Crippen molar-refractivity contribution in [3.8, 4) is 11.5 Å². The van der Waals surface area contributed by atoms with Crippen molar-refractivity contribution in [3.63, 3.8) is 0 Å². The third kappa shape index (κ3) is 5.23. The number of hydrogen-bond donors (Lipinski definition) is 1. The zero-order chi connectivity index (χ0) is 18.2. The highest BCUT2D eigenvalue weighted by atomic mass is 16.5. The van der Waals surface area contributed by atoms with Crippen molar-refractivity contribution in [1.29, 1.82) is 0 Å². The standard InChI is InChI=1S/C22H29NO3/c1-2-3-7-21-17-23(16-19-6-4-5-8-22(19)26-21)15-18-9-11-20(12-10-18)25-14-13-24/h4-6,8-12,21,24H,2-3,7,13-17H2,1H3. The number of unbranched alkanes of at least 4 members (excludes halogenated alkanes) is 1. The summed E-state index contributed by atoms with van der Waals surface area (Å²) in [5.74, 6) is 1.83. The topological polar surface area (TPSA) is 41.9 Å². The lowest BCUT2D eigenvalue weighted by Crippen LogP contribution is -2.32. The van der Waals surface area contributed by atoms with Crippen LogP contribution in [0.2, 0.25) is 0 Å². The Hall–Kier alpha value is -2.04. The van der Waals surface area contributed by atoms with Crippen LogP contribution in [0.25, 0.3) is 0 Å². The summed E-state index contributed by atoms with van der Waals surface area (Å²) in [6.45, 7) is 5.33. The van der Waals surface area contributed by atoms with Gasteiger partial charge in [-0.2, -0.15) is 0 Å². The van der Waals surface area contributed by atoms with Crippen LogP contribution in [0.15, 0.2) is 48.5 Å². The number of para-hydroxylation sites is 1. The Morgan fingerprint density at radius 2 is 1.96 bits per heavy atom. The van der Waals surface area contributed by atoms with Gasteiger partial charge in [-0.05, 0) is 36.6 Å². The summed E-state index contributed by atoms with van der Waals surface area (Å²) in [6, 6.07) is 16.5. The van der Waals surface area contributed by atoms with Crippen molar-refractivity contribution in [2.24, 2.45) is 0 Å². The average Bonchev–Trinajstić information content (AvgIpc) is 2.84. The highest BCUT2D eigenvalue weighted by Gasteiger charge is 2.22. The van der Waals surface area contributed by atoms with Crippen molar-refractivity contribution in [2.75, 3.05) is 19.8 Å². The lowest BCUT2D eigenvalue weighted by atomic mass is 10.1. The molecule has 0 aromatic heterocycles. The van der Waals surface area contributed by atoms with Crippen molar-refractivity contribution < 1.29 is 14.6 Å². The fraction of sp³-hybridized carbons (Fsp3) is 0.455. The van der Waals surface area contributed by atoms with Crippen LogP contribution in [0.3, 0.4) is 0 Å². The molecular formula is C22H29NO3. The maximum Gasteiger partial charge on any atom is 0.124 e. The first-order valence-electron chi connectivity index (χ1n) is 9.58. The Morgan fingerprint density at radius 1 is 1.15 bits per heavy atom. The molecule has 1 aliphatic rings. The van der Waals surface area contributed by atoms with Crippen LogP contribution in [0, 0.1) is 0 Å². The van der Waals surface area contributed by atoms with E-state index in [4.69, 9.17) is 14.6 Å². The molecule has 4 heteroatoms. The molecule has 0 spiro atoms. The van der Waals surface area contributed by atoms with Crippen molar-refractivity contribution >= 4 is 0 Å². The van der Waals surface area contributed by atoms with Gasteiger partial charge >= 0.3 is 0 Å². The summed E-state index contributed by atoms with van der Waals surface area (Å²) in [5, 5.41) is 8.85. The molecule has 0 bridgehead atoms. The third-order valence-corrected chi connectivity index (χ3v) is 4.69. The number of hydrogen-bond acceptors (Lipinski definition) is 4. The first kappa shape index (κ1) is 18.7. The smallest absolute Gasteiger partial charge is 0.124 e. The molecule has 0 amide bonds. The monoisotopic (exact) mass is 355 g/mol. The summed E-state index contributed by atoms with van der Waals surface area (Å²) in [7, 11) is 0. The van der Waals surface area contributed by atoms with E-state index < -0.39 is 0 Å². The lowest BCUT2D eigenvalue weighted by Gasteiger charge is -2.24. The third-order valence-electron chi connectivity index (χ3n) is 4.69. The fourth-order valence-electron chi connectivity index (χ4n) is 3.37. The van der Waals surface area contributed by atoms with E-state index in [0.29, 0.717) is 6.61 Å². The molecule has 0 saturated carbocycles. The molecule has 0 fully saturated rings. The summed E-state index contributed by atoms with van der Waals surface area (Å²) >= 11 is 0. The van der Waals surface area contributed by atoms with E-state index in [9.17, 15) is 0 Å². The number of rotatable bonds is 8. The maximum atomic E-state index is 8.85. The second-order valence-corrected chi connectivity index (χ2v) is 6.88. The van der Waals surface area contributed by atoms with Gasteiger partial charge in [-0.25, -0.2) is 0 Å². The van der Waals surface area contributed by atoms with Crippen LogP contribution >= 0.6 is 0 Å². The highest BCUT2D eigenvalue weighted by molar-refractivity contribution is 5.34. The SMILES string of the molecule is CCCCC1CN(Cc2ccc(OCCO)cc2)Cc2ccccc2O1. The maximum absolute atomic E-state index is 8.85. The van der Waals surface area contributed by atoms with Gasteiger partial charge < -0.3 is 14.6 Å². The molecule has 140 valence electrons. The Morgan fingerprint density at radius 3 is 2.73 bits per heavy atom. The molecule has 2 aromatic rings. The molecule has 0 saturated heterocycles. The number of ether oxygens (including phenoxy) is 2. The van der Waals surface area contributed by atoms with Gasteiger partial charge in [0.25, 0.3) is 0 Å². The van der Waals surface area contributed by atoms with Crippen molar-refractivity contribution in [1.82, 2.24) is 4.90 Å². The van der Waals surface area contributed by atoms with Gasteiger partial charge in [-0.15, -0.1) is 0 Å². The zero-order valence-corrected chi connectivity index (χ0v) is 15.6. The Bertz CT molecular complexity index is 671. The van der Waals surface area contributed by atoms with E-state index in [-0.39, 0.29) is 12.7 Å². The number of fused-ring (bicyclic) bond motifs is 1. The van der Waals surface area contributed by atoms with Crippen LogP contribution in [0.5, 0.6) is 11.5 Å². The molecule has 1 N–H and O–H groups in total. The van der Waals surface area contributed by atoms with Crippen LogP contribution in [0.1, 0.15) is 37.3 Å². The van der Waals surface area contributed by atoms with Gasteiger partial charge in [-0.3, -0.25) is 4.90 Å². The Labute approximate surface area is 156 Å². The Balaban J connectivity index is 1.69. The minimum atomic E-state index is 0.0358. The molecule has 0 radical (unpaired) electrons. The molecule has 0 aliphatic carbocycles. The number of aliphatic hydroxyl groups excluding tert-OH is 1. The van der Waals surface area contributed by atoms with Crippen LogP contribution in [-0.4, -0.2) is 35.9 Å². The molecule has 3 rings (SSSR count). The van der Waals surface area contributed by atoms with Crippen LogP contribution in [-0.2, 0) is 13.1 Å². The summed E-state index contributed by atoms with van der Waals surface area (Å²) in [5.41, 5.74) is 2.52. The van der Waals surface area contributed by atoms with Gasteiger partial charge in [0.1, 0.15) is 24.2 Å². The molecule has 2 aromatic carbocycles. The summed E-state index contributed by atoms with van der Waals surface area (Å²) < 4.78 is 11.7. The number of benzene rings is 2. The lowest BCUT2D eigenvalue weighted by molar-refractivity contribution is 0.133. The van der Waals surface area contributed by atoms with Gasteiger partial charge in [0.05, 0.1) is 6.61 Å². The molecule has 1 aliphatic heterocycles. The second-order valence-electron chi connectivity index (χ2n) is 6.88. The molecule has 26 heavy (non-hydrogen) atoms. The van der Waals surface area contributed by atoms with Gasteiger partial charge in [-0.1, -0.05) is 43.7 Å². The fourth-order valence-corrected chi connectivity index (χ4v) is 3.37. The van der Waals surface area contributed by atoms with Gasteiger partial charge in [0.2, 0.25) is 0 Å². The van der Waals surface area contributed by atoms with E-state index in [1.807, 2.05) is 12.1 Å². The van der Waals surface area contributed by atoms with E-state index in [0.717, 1.165) is 37.6 Å². The van der Waals surface area contributed by atoms with E-state index >= 15 is 0 Å². The average molecular weight is 355 g/mol. The van der Waals surface area contributed by atoms with E-state index in [2.05, 4.69) is 48.2 Å². The zero-order valence-electron chi connectivity index (χ0n) is 15.6. The largest absolute Gasteiger partial charge is 0.491 e. The second kappa shape index (κ2) is 9.60. The first-order valence-corrected chi connectivity index (χ1v) is 9.58. The van der Waals surface area contributed by atoms with E-state index in [1.54, 1.807) is 0 Å². The minimum Gasteiger partial charge on any atom is -0.491 e. The molecule has 1 atom stereocenters. The first-order chi connectivity index (χ1) is 12.8. The quantitative estimate of drug-likeness (QED) is 0.777. The molecular weight excluding hydrogens is 326 g/mol. The van der Waals surface area contributed by atoms with Gasteiger partial charge in [0, 0.05) is 25.2 Å². The molecule has 1 unspecified atom stereocenters. The van der Waals surface area contributed by atoms with Gasteiger partial charge in [0.15, 0.2) is 0 Å². The van der Waals surface area contributed by atoms with Crippen LogP contribution < -0.4 is 9.47 Å². The Kier molecular flexibility index (Phi) is 6.92. The minimum absolute atomic E-state index is 0.0358. The highest BCUT2D eigenvalue weighted by Crippen LogP contribution is 2.27. The molecule has 1 heterocycles. The predicted octanol–water partition coefficient (Wildman–Crippen LogP) is 4.01. The van der Waals surface area contributed by atoms with E-state index in [1.165, 1.54) is 24.0 Å². The van der Waals surface area contributed by atoms with Crippen molar-refractivity contribution in [3.05, 3.63) is 59.7 Å². The van der Waals surface area contributed by atoms with Crippen LogP contribution in [0.4, 0.5) is 0 Å². The predicted molar refractivity (Wildman–Crippen MR) is 104 cm³/mol. The summed E-state index contributed by atoms with van der Waals surface area (Å²) in [6.07, 6.45) is 3.72. The summed E-state index contributed by atoms with van der Waals surface area (Å²) in [4.78, 5) is 2.47. The normalized spacial score (nSPS) is 17.2. The molecule has 4 nitrogen and oxygen atoms in total. The number of aliphatic hydroxyl groups is 1.